The lowest BCUT2D eigenvalue weighted by Gasteiger charge is -2.46. The molecule has 3 aromatic rings. The van der Waals surface area contributed by atoms with Crippen LogP contribution in [0.2, 0.25) is 0 Å². The van der Waals surface area contributed by atoms with Gasteiger partial charge in [0.2, 0.25) is 0 Å². The molecule has 0 spiro atoms. The van der Waals surface area contributed by atoms with Crippen LogP contribution in [0, 0.1) is 5.92 Å². The molecule has 1 aliphatic heterocycles. The van der Waals surface area contributed by atoms with Crippen LogP contribution in [-0.4, -0.2) is 53.4 Å². The molecular weight excluding hydrogens is 468 g/mol. The standard InChI is InChI=1S/C31H38O6/c1-22(2)27(32)30-28(33)31(36-20-25-16-10-5-11-17-25)29(35-19-24-14-8-4-9-15-24)26(37-30)21-34-18-23-12-6-3-7-13-23/h3-17,22,26-33H,18-21H2,1-2H3/t26-,27-,28+,29+,30+,31-/m1/s1. The van der Waals surface area contributed by atoms with E-state index in [-0.39, 0.29) is 12.5 Å². The van der Waals surface area contributed by atoms with E-state index < -0.39 is 36.6 Å². The molecule has 0 unspecified atom stereocenters. The van der Waals surface area contributed by atoms with Crippen LogP contribution in [0.5, 0.6) is 0 Å². The van der Waals surface area contributed by atoms with Gasteiger partial charge in [0.25, 0.3) is 0 Å². The second-order valence-electron chi connectivity index (χ2n) is 9.89. The second-order valence-corrected chi connectivity index (χ2v) is 9.89. The lowest BCUT2D eigenvalue weighted by atomic mass is 9.88. The molecule has 0 saturated carbocycles. The maximum absolute atomic E-state index is 11.4. The quantitative estimate of drug-likeness (QED) is 0.376. The summed E-state index contributed by atoms with van der Waals surface area (Å²) in [7, 11) is 0. The first kappa shape index (κ1) is 27.5. The monoisotopic (exact) mass is 506 g/mol. The first-order valence-corrected chi connectivity index (χ1v) is 13.0. The van der Waals surface area contributed by atoms with Crippen LogP contribution in [0.25, 0.3) is 0 Å². The number of rotatable bonds is 12. The summed E-state index contributed by atoms with van der Waals surface area (Å²) in [4.78, 5) is 0. The van der Waals surface area contributed by atoms with Crippen molar-refractivity contribution in [2.45, 2.75) is 70.3 Å². The van der Waals surface area contributed by atoms with Gasteiger partial charge < -0.3 is 29.2 Å². The molecule has 37 heavy (non-hydrogen) atoms. The van der Waals surface area contributed by atoms with Gasteiger partial charge in [-0.05, 0) is 22.6 Å². The van der Waals surface area contributed by atoms with Gasteiger partial charge in [-0.15, -0.1) is 0 Å². The molecule has 6 heteroatoms. The van der Waals surface area contributed by atoms with E-state index in [1.165, 1.54) is 0 Å². The molecule has 1 fully saturated rings. The molecule has 0 amide bonds. The number of benzene rings is 3. The van der Waals surface area contributed by atoms with E-state index in [0.29, 0.717) is 19.8 Å². The average Bonchev–Trinajstić information content (AvgIpc) is 2.93. The molecule has 198 valence electrons. The number of aliphatic hydroxyl groups excluding tert-OH is 2. The Morgan fingerprint density at radius 2 is 1.16 bits per heavy atom. The summed E-state index contributed by atoms with van der Waals surface area (Å²) in [6, 6.07) is 29.6. The van der Waals surface area contributed by atoms with Crippen molar-refractivity contribution in [3.05, 3.63) is 108 Å². The molecule has 1 aliphatic rings. The van der Waals surface area contributed by atoms with Gasteiger partial charge in [-0.25, -0.2) is 0 Å². The Balaban J connectivity index is 1.55. The van der Waals surface area contributed by atoms with Crippen LogP contribution < -0.4 is 0 Å². The highest BCUT2D eigenvalue weighted by Gasteiger charge is 2.49. The average molecular weight is 507 g/mol. The van der Waals surface area contributed by atoms with Gasteiger partial charge in [0.15, 0.2) is 0 Å². The molecule has 0 bridgehead atoms. The van der Waals surface area contributed by atoms with Crippen LogP contribution in [0.1, 0.15) is 30.5 Å². The molecule has 0 aliphatic carbocycles. The Labute approximate surface area is 219 Å². The zero-order chi connectivity index (χ0) is 26.0. The fraction of sp³-hybridized carbons (Fsp3) is 0.419. The second kappa shape index (κ2) is 13.8. The number of hydrogen-bond acceptors (Lipinski definition) is 6. The van der Waals surface area contributed by atoms with Crippen molar-refractivity contribution in [2.24, 2.45) is 5.92 Å². The Morgan fingerprint density at radius 3 is 1.65 bits per heavy atom. The predicted octanol–water partition coefficient (Wildman–Crippen LogP) is 4.52. The van der Waals surface area contributed by atoms with Crippen LogP contribution in [0.4, 0.5) is 0 Å². The largest absolute Gasteiger partial charge is 0.390 e. The first-order chi connectivity index (χ1) is 18.0. The lowest BCUT2D eigenvalue weighted by molar-refractivity contribution is -0.278. The normalized spacial score (nSPS) is 24.7. The predicted molar refractivity (Wildman–Crippen MR) is 142 cm³/mol. The van der Waals surface area contributed by atoms with Gasteiger partial charge in [0.1, 0.15) is 30.5 Å². The number of aliphatic hydroxyl groups is 2. The third-order valence-electron chi connectivity index (χ3n) is 6.68. The summed E-state index contributed by atoms with van der Waals surface area (Å²) in [5.41, 5.74) is 3.05. The van der Waals surface area contributed by atoms with Gasteiger partial charge in [0, 0.05) is 0 Å². The summed E-state index contributed by atoms with van der Waals surface area (Å²) in [5.74, 6) is -0.109. The Bertz CT molecular complexity index is 1030. The fourth-order valence-corrected chi connectivity index (χ4v) is 4.54. The van der Waals surface area contributed by atoms with E-state index in [9.17, 15) is 10.2 Å². The van der Waals surface area contributed by atoms with Crippen molar-refractivity contribution in [1.82, 2.24) is 0 Å². The van der Waals surface area contributed by atoms with Gasteiger partial charge in [-0.3, -0.25) is 0 Å². The van der Waals surface area contributed by atoms with Crippen molar-refractivity contribution >= 4 is 0 Å². The highest BCUT2D eigenvalue weighted by atomic mass is 16.6. The topological polar surface area (TPSA) is 77.4 Å². The maximum atomic E-state index is 11.4. The molecule has 6 nitrogen and oxygen atoms in total. The highest BCUT2D eigenvalue weighted by molar-refractivity contribution is 5.15. The van der Waals surface area contributed by atoms with E-state index in [2.05, 4.69) is 0 Å². The molecule has 0 radical (unpaired) electrons. The third kappa shape index (κ3) is 7.71. The fourth-order valence-electron chi connectivity index (χ4n) is 4.54. The van der Waals surface area contributed by atoms with Crippen molar-refractivity contribution in [3.8, 4) is 0 Å². The lowest BCUT2D eigenvalue weighted by Crippen LogP contribution is -2.63. The van der Waals surface area contributed by atoms with Crippen molar-refractivity contribution < 1.29 is 29.2 Å². The van der Waals surface area contributed by atoms with Crippen LogP contribution in [0.15, 0.2) is 91.0 Å². The molecular formula is C31H38O6. The minimum atomic E-state index is -1.08. The van der Waals surface area contributed by atoms with E-state index in [1.807, 2.05) is 105 Å². The van der Waals surface area contributed by atoms with E-state index >= 15 is 0 Å². The van der Waals surface area contributed by atoms with Crippen molar-refractivity contribution in [2.75, 3.05) is 6.61 Å². The van der Waals surface area contributed by atoms with Crippen LogP contribution >= 0.6 is 0 Å². The van der Waals surface area contributed by atoms with Crippen LogP contribution in [0.3, 0.4) is 0 Å². The van der Waals surface area contributed by atoms with Gasteiger partial charge in [-0.2, -0.15) is 0 Å². The smallest absolute Gasteiger partial charge is 0.115 e. The Kier molecular flexibility index (Phi) is 10.3. The first-order valence-electron chi connectivity index (χ1n) is 13.0. The Hall–Kier alpha value is -2.58. The summed E-state index contributed by atoms with van der Waals surface area (Å²) in [5, 5.41) is 22.3. The molecule has 6 atom stereocenters. The summed E-state index contributed by atoms with van der Waals surface area (Å²) in [6.07, 6.45) is -4.65. The molecule has 4 rings (SSSR count). The zero-order valence-corrected chi connectivity index (χ0v) is 21.6. The molecule has 3 aromatic carbocycles. The minimum Gasteiger partial charge on any atom is -0.390 e. The number of ether oxygens (including phenoxy) is 4. The summed E-state index contributed by atoms with van der Waals surface area (Å²) < 4.78 is 25.1. The van der Waals surface area contributed by atoms with E-state index in [1.54, 1.807) is 0 Å². The van der Waals surface area contributed by atoms with Crippen molar-refractivity contribution in [1.29, 1.82) is 0 Å². The SMILES string of the molecule is CC(C)[C@@H](O)[C@@H]1O[C@H](COCc2ccccc2)[C@H](OCc2ccccc2)[C@H](OCc2ccccc2)[C@H]1O. The molecule has 1 heterocycles. The van der Waals surface area contributed by atoms with Gasteiger partial charge in [-0.1, -0.05) is 105 Å². The summed E-state index contributed by atoms with van der Waals surface area (Å²) >= 11 is 0. The third-order valence-corrected chi connectivity index (χ3v) is 6.68. The van der Waals surface area contributed by atoms with Crippen LogP contribution in [-0.2, 0) is 38.8 Å². The molecule has 0 aromatic heterocycles. The highest BCUT2D eigenvalue weighted by Crippen LogP contribution is 2.31. The zero-order valence-electron chi connectivity index (χ0n) is 21.6. The van der Waals surface area contributed by atoms with Gasteiger partial charge in [0.05, 0.1) is 32.5 Å². The number of hydrogen-bond donors (Lipinski definition) is 2. The van der Waals surface area contributed by atoms with Gasteiger partial charge >= 0.3 is 0 Å². The molecule has 1 saturated heterocycles. The Morgan fingerprint density at radius 1 is 0.703 bits per heavy atom. The summed E-state index contributed by atoms with van der Waals surface area (Å²) in [6.45, 7) is 5.09. The minimum absolute atomic E-state index is 0.109. The maximum Gasteiger partial charge on any atom is 0.115 e. The van der Waals surface area contributed by atoms with E-state index in [4.69, 9.17) is 18.9 Å². The molecule has 2 N–H and O–H groups in total. The van der Waals surface area contributed by atoms with Crippen molar-refractivity contribution in [3.63, 3.8) is 0 Å². The van der Waals surface area contributed by atoms with E-state index in [0.717, 1.165) is 16.7 Å².